The maximum atomic E-state index is 12.0. The molecule has 3 aromatic rings. The molecule has 1 aromatic heterocycles. The van der Waals surface area contributed by atoms with Gasteiger partial charge in [0.05, 0.1) is 18.4 Å². The molecule has 0 aliphatic heterocycles. The minimum Gasteiger partial charge on any atom is -0.467 e. The van der Waals surface area contributed by atoms with E-state index in [-0.39, 0.29) is 19.1 Å². The van der Waals surface area contributed by atoms with Crippen molar-refractivity contribution < 1.29 is 18.7 Å². The van der Waals surface area contributed by atoms with Crippen LogP contribution in [0.25, 0.3) is 10.8 Å². The van der Waals surface area contributed by atoms with Gasteiger partial charge < -0.3 is 14.5 Å². The van der Waals surface area contributed by atoms with Crippen molar-refractivity contribution in [3.63, 3.8) is 0 Å². The fourth-order valence-electron chi connectivity index (χ4n) is 2.18. The number of carbonyl (C=O) groups excluding carboxylic acids is 2. The summed E-state index contributed by atoms with van der Waals surface area (Å²) in [6.07, 6.45) is 1.53. The zero-order valence-electron chi connectivity index (χ0n) is 12.3. The van der Waals surface area contributed by atoms with Crippen molar-refractivity contribution in [1.82, 2.24) is 5.32 Å². The monoisotopic (exact) mass is 309 g/mol. The molecule has 116 valence electrons. The Hall–Kier alpha value is -3.08. The summed E-state index contributed by atoms with van der Waals surface area (Å²) in [4.78, 5) is 23.7. The Balaban J connectivity index is 1.54. The van der Waals surface area contributed by atoms with Gasteiger partial charge in [0, 0.05) is 0 Å². The zero-order chi connectivity index (χ0) is 16.1. The molecule has 0 aliphatic carbocycles. The molecule has 5 heteroatoms. The highest BCUT2D eigenvalue weighted by molar-refractivity contribution is 5.96. The molecule has 0 saturated carbocycles. The average molecular weight is 309 g/mol. The number of hydrogen-bond acceptors (Lipinski definition) is 4. The molecular weight excluding hydrogens is 294 g/mol. The second-order valence-corrected chi connectivity index (χ2v) is 4.99. The second-order valence-electron chi connectivity index (χ2n) is 4.99. The SMILES string of the molecule is O=C(COC(=O)c1ccc2ccccc2c1)NCc1ccco1. The van der Waals surface area contributed by atoms with Crippen LogP contribution >= 0.6 is 0 Å². The third kappa shape index (κ3) is 3.77. The number of benzene rings is 2. The molecule has 0 fully saturated rings. The van der Waals surface area contributed by atoms with Gasteiger partial charge in [-0.1, -0.05) is 30.3 Å². The van der Waals surface area contributed by atoms with Crippen LogP contribution in [0, 0.1) is 0 Å². The van der Waals surface area contributed by atoms with Crippen molar-refractivity contribution in [2.75, 3.05) is 6.61 Å². The fourth-order valence-corrected chi connectivity index (χ4v) is 2.18. The minimum absolute atomic E-state index is 0.263. The standard InChI is InChI=1S/C18H15NO4/c20-17(19-11-16-6-3-9-22-16)12-23-18(21)15-8-7-13-4-1-2-5-14(13)10-15/h1-10H,11-12H2,(H,19,20). The molecule has 23 heavy (non-hydrogen) atoms. The van der Waals surface area contributed by atoms with Crippen LogP contribution in [0.1, 0.15) is 16.1 Å². The summed E-state index contributed by atoms with van der Waals surface area (Å²) in [7, 11) is 0. The van der Waals surface area contributed by atoms with Gasteiger partial charge >= 0.3 is 5.97 Å². The molecule has 2 aromatic carbocycles. The van der Waals surface area contributed by atoms with Gasteiger partial charge in [-0.25, -0.2) is 4.79 Å². The van der Waals surface area contributed by atoms with Gasteiger partial charge in [0.15, 0.2) is 6.61 Å². The fraction of sp³-hybridized carbons (Fsp3) is 0.111. The number of furan rings is 1. The lowest BCUT2D eigenvalue weighted by molar-refractivity contribution is -0.124. The van der Waals surface area contributed by atoms with Gasteiger partial charge in [-0.2, -0.15) is 0 Å². The molecule has 0 bridgehead atoms. The normalized spacial score (nSPS) is 10.4. The topological polar surface area (TPSA) is 68.5 Å². The van der Waals surface area contributed by atoms with Gasteiger partial charge in [0.25, 0.3) is 5.91 Å². The van der Waals surface area contributed by atoms with Crippen LogP contribution in [0.2, 0.25) is 0 Å². The Labute approximate surface area is 132 Å². The first-order valence-electron chi connectivity index (χ1n) is 7.17. The summed E-state index contributed by atoms with van der Waals surface area (Å²) in [5, 5.41) is 4.60. The van der Waals surface area contributed by atoms with Crippen LogP contribution in [0.5, 0.6) is 0 Å². The molecule has 1 amide bonds. The number of esters is 1. The quantitative estimate of drug-likeness (QED) is 0.736. The summed E-state index contributed by atoms with van der Waals surface area (Å²) >= 11 is 0. The van der Waals surface area contributed by atoms with E-state index >= 15 is 0 Å². The zero-order valence-corrected chi connectivity index (χ0v) is 12.3. The van der Waals surface area contributed by atoms with Crippen molar-refractivity contribution >= 4 is 22.6 Å². The third-order valence-electron chi connectivity index (χ3n) is 3.36. The lowest BCUT2D eigenvalue weighted by atomic mass is 10.1. The van der Waals surface area contributed by atoms with E-state index in [1.54, 1.807) is 24.3 Å². The minimum atomic E-state index is -0.524. The molecule has 0 saturated heterocycles. The molecule has 0 atom stereocenters. The summed E-state index contributed by atoms with van der Waals surface area (Å²) in [6, 6.07) is 16.5. The number of amides is 1. The van der Waals surface area contributed by atoms with E-state index in [4.69, 9.17) is 9.15 Å². The number of hydrogen-bond donors (Lipinski definition) is 1. The van der Waals surface area contributed by atoms with Crippen LogP contribution in [0.4, 0.5) is 0 Å². The second kappa shape index (κ2) is 6.79. The lowest BCUT2D eigenvalue weighted by Gasteiger charge is -2.06. The van der Waals surface area contributed by atoms with Gasteiger partial charge in [-0.15, -0.1) is 0 Å². The molecule has 1 heterocycles. The van der Waals surface area contributed by atoms with E-state index in [0.717, 1.165) is 10.8 Å². The Kier molecular flexibility index (Phi) is 4.38. The molecule has 5 nitrogen and oxygen atoms in total. The summed E-state index contributed by atoms with van der Waals surface area (Å²) in [5.41, 5.74) is 0.419. The first-order valence-corrected chi connectivity index (χ1v) is 7.17. The molecule has 0 unspecified atom stereocenters. The van der Waals surface area contributed by atoms with Crippen molar-refractivity contribution in [3.05, 3.63) is 72.2 Å². The van der Waals surface area contributed by atoms with Crippen LogP contribution in [-0.2, 0) is 16.1 Å². The van der Waals surface area contributed by atoms with E-state index in [2.05, 4.69) is 5.32 Å². The molecule has 0 spiro atoms. The number of rotatable bonds is 5. The van der Waals surface area contributed by atoms with Crippen LogP contribution < -0.4 is 5.32 Å². The van der Waals surface area contributed by atoms with E-state index in [1.807, 2.05) is 30.3 Å². The van der Waals surface area contributed by atoms with E-state index in [9.17, 15) is 9.59 Å². The molecule has 0 aliphatic rings. The maximum absolute atomic E-state index is 12.0. The summed E-state index contributed by atoms with van der Waals surface area (Å²) in [6.45, 7) is -0.0638. The lowest BCUT2D eigenvalue weighted by Crippen LogP contribution is -2.28. The molecule has 3 rings (SSSR count). The van der Waals surface area contributed by atoms with Gasteiger partial charge in [-0.3, -0.25) is 4.79 Å². The predicted octanol–water partition coefficient (Wildman–Crippen LogP) is 2.91. The van der Waals surface area contributed by atoms with Gasteiger partial charge in [-0.05, 0) is 35.0 Å². The number of carbonyl (C=O) groups is 2. The Morgan fingerprint density at radius 3 is 2.61 bits per heavy atom. The van der Waals surface area contributed by atoms with Gasteiger partial charge in [0.2, 0.25) is 0 Å². The highest BCUT2D eigenvalue weighted by atomic mass is 16.5. The number of ether oxygens (including phenoxy) is 1. The molecule has 1 N–H and O–H groups in total. The molecule has 0 radical (unpaired) electrons. The van der Waals surface area contributed by atoms with Crippen molar-refractivity contribution in [2.24, 2.45) is 0 Å². The predicted molar refractivity (Wildman–Crippen MR) is 84.8 cm³/mol. The number of fused-ring (bicyclic) bond motifs is 1. The first-order chi connectivity index (χ1) is 11.2. The first kappa shape index (κ1) is 14.8. The summed E-state index contributed by atoms with van der Waals surface area (Å²) in [5.74, 6) is -0.265. The van der Waals surface area contributed by atoms with Crippen LogP contribution in [0.3, 0.4) is 0 Å². The highest BCUT2D eigenvalue weighted by Crippen LogP contribution is 2.16. The van der Waals surface area contributed by atoms with E-state index in [1.165, 1.54) is 6.26 Å². The van der Waals surface area contributed by atoms with E-state index < -0.39 is 5.97 Å². The molecular formula is C18H15NO4. The smallest absolute Gasteiger partial charge is 0.338 e. The van der Waals surface area contributed by atoms with Crippen molar-refractivity contribution in [3.8, 4) is 0 Å². The van der Waals surface area contributed by atoms with Crippen LogP contribution in [0.15, 0.2) is 65.3 Å². The maximum Gasteiger partial charge on any atom is 0.338 e. The Morgan fingerprint density at radius 2 is 1.83 bits per heavy atom. The largest absolute Gasteiger partial charge is 0.467 e. The van der Waals surface area contributed by atoms with Crippen molar-refractivity contribution in [2.45, 2.75) is 6.54 Å². The van der Waals surface area contributed by atoms with E-state index in [0.29, 0.717) is 11.3 Å². The summed E-state index contributed by atoms with van der Waals surface area (Å²) < 4.78 is 10.1. The average Bonchev–Trinajstić information content (AvgIpc) is 3.11. The Morgan fingerprint density at radius 1 is 1.00 bits per heavy atom. The highest BCUT2D eigenvalue weighted by Gasteiger charge is 2.11. The van der Waals surface area contributed by atoms with Crippen LogP contribution in [-0.4, -0.2) is 18.5 Å². The number of nitrogens with one attached hydrogen (secondary N) is 1. The van der Waals surface area contributed by atoms with Crippen molar-refractivity contribution in [1.29, 1.82) is 0 Å². The third-order valence-corrected chi connectivity index (χ3v) is 3.36. The van der Waals surface area contributed by atoms with Gasteiger partial charge in [0.1, 0.15) is 5.76 Å². The Bertz CT molecular complexity index is 824.